The van der Waals surface area contributed by atoms with Crippen molar-refractivity contribution < 1.29 is 4.79 Å². The van der Waals surface area contributed by atoms with E-state index in [0.29, 0.717) is 13.0 Å². The lowest BCUT2D eigenvalue weighted by molar-refractivity contribution is -0.120. The summed E-state index contributed by atoms with van der Waals surface area (Å²) in [7, 11) is 1.90. The third kappa shape index (κ3) is 4.26. The van der Waals surface area contributed by atoms with Crippen molar-refractivity contribution in [2.45, 2.75) is 13.3 Å². The molecule has 0 unspecified atom stereocenters. The maximum Gasteiger partial charge on any atom is 0.152 e. The molecule has 0 amide bonds. The van der Waals surface area contributed by atoms with Crippen molar-refractivity contribution in [2.75, 3.05) is 39.3 Å². The van der Waals surface area contributed by atoms with Crippen LogP contribution in [0.1, 0.15) is 12.6 Å². The molecule has 146 valence electrons. The van der Waals surface area contributed by atoms with Crippen molar-refractivity contribution in [2.24, 2.45) is 7.05 Å². The van der Waals surface area contributed by atoms with Crippen molar-refractivity contribution in [3.8, 4) is 11.1 Å². The predicted octanol–water partition coefficient (Wildman–Crippen LogP) is 1.78. The molecule has 7 nitrogen and oxygen atoms in total. The Labute approximate surface area is 165 Å². The molecule has 3 aromatic rings. The van der Waals surface area contributed by atoms with E-state index in [0.717, 1.165) is 60.4 Å². The number of rotatable bonds is 6. The SMILES string of the molecule is CCN1CCN(CC(=O)Cc2cc3cc(-c4cnn(C)c4)ccc3nn2)CC1. The monoisotopic (exact) mass is 378 g/mol. The van der Waals surface area contributed by atoms with Crippen LogP contribution in [-0.2, 0) is 18.3 Å². The maximum atomic E-state index is 12.5. The highest BCUT2D eigenvalue weighted by Crippen LogP contribution is 2.23. The van der Waals surface area contributed by atoms with E-state index in [1.54, 1.807) is 4.68 Å². The van der Waals surface area contributed by atoms with Gasteiger partial charge in [0.2, 0.25) is 0 Å². The lowest BCUT2D eigenvalue weighted by Gasteiger charge is -2.33. The number of fused-ring (bicyclic) bond motifs is 1. The van der Waals surface area contributed by atoms with Gasteiger partial charge in [0, 0.05) is 50.4 Å². The molecular weight excluding hydrogens is 352 g/mol. The first-order valence-electron chi connectivity index (χ1n) is 9.82. The number of aryl methyl sites for hydroxylation is 1. The van der Waals surface area contributed by atoms with Crippen LogP contribution >= 0.6 is 0 Å². The van der Waals surface area contributed by atoms with Crippen molar-refractivity contribution in [1.29, 1.82) is 0 Å². The summed E-state index contributed by atoms with van der Waals surface area (Å²) in [6.45, 7) is 7.74. The Morgan fingerprint density at radius 3 is 2.54 bits per heavy atom. The molecule has 1 saturated heterocycles. The Balaban J connectivity index is 1.44. The van der Waals surface area contributed by atoms with Crippen LogP contribution in [0.2, 0.25) is 0 Å². The van der Waals surface area contributed by atoms with Crippen molar-refractivity contribution in [3.63, 3.8) is 0 Å². The fraction of sp³-hybridized carbons (Fsp3) is 0.429. The summed E-state index contributed by atoms with van der Waals surface area (Å²) in [5.74, 6) is 0.196. The summed E-state index contributed by atoms with van der Waals surface area (Å²) >= 11 is 0. The minimum absolute atomic E-state index is 0.196. The molecule has 0 N–H and O–H groups in total. The first kappa shape index (κ1) is 18.7. The summed E-state index contributed by atoms with van der Waals surface area (Å²) in [6, 6.07) is 8.05. The number of hydrogen-bond acceptors (Lipinski definition) is 6. The van der Waals surface area contributed by atoms with Crippen LogP contribution in [0.3, 0.4) is 0 Å². The van der Waals surface area contributed by atoms with Gasteiger partial charge in [-0.15, -0.1) is 0 Å². The lowest BCUT2D eigenvalue weighted by Crippen LogP contribution is -2.47. The van der Waals surface area contributed by atoms with Crippen LogP contribution < -0.4 is 0 Å². The molecule has 3 heterocycles. The molecule has 1 aliphatic rings. The summed E-state index contributed by atoms with van der Waals surface area (Å²) in [5, 5.41) is 13.8. The van der Waals surface area contributed by atoms with Gasteiger partial charge < -0.3 is 4.90 Å². The molecule has 1 fully saturated rings. The molecular formula is C21H26N6O. The Morgan fingerprint density at radius 1 is 1.04 bits per heavy atom. The van der Waals surface area contributed by atoms with E-state index in [-0.39, 0.29) is 5.78 Å². The highest BCUT2D eigenvalue weighted by Gasteiger charge is 2.18. The third-order valence-electron chi connectivity index (χ3n) is 5.36. The van der Waals surface area contributed by atoms with Gasteiger partial charge in [0.25, 0.3) is 0 Å². The largest absolute Gasteiger partial charge is 0.301 e. The fourth-order valence-electron chi connectivity index (χ4n) is 3.69. The normalized spacial score (nSPS) is 15.9. The van der Waals surface area contributed by atoms with Crippen LogP contribution in [0.15, 0.2) is 36.7 Å². The first-order valence-corrected chi connectivity index (χ1v) is 9.82. The van der Waals surface area contributed by atoms with Crippen LogP contribution in [0.25, 0.3) is 22.0 Å². The summed E-state index contributed by atoms with van der Waals surface area (Å²) in [4.78, 5) is 17.2. The van der Waals surface area contributed by atoms with Gasteiger partial charge in [-0.25, -0.2) is 0 Å². The number of likely N-dealkylation sites (N-methyl/N-ethyl adjacent to an activating group) is 1. The van der Waals surface area contributed by atoms with E-state index < -0.39 is 0 Å². The lowest BCUT2D eigenvalue weighted by atomic mass is 10.1. The number of carbonyl (C=O) groups is 1. The molecule has 2 aromatic heterocycles. The van der Waals surface area contributed by atoms with E-state index in [4.69, 9.17) is 0 Å². The minimum Gasteiger partial charge on any atom is -0.301 e. The molecule has 0 saturated carbocycles. The number of aromatic nitrogens is 4. The van der Waals surface area contributed by atoms with E-state index in [1.165, 1.54) is 0 Å². The average molecular weight is 378 g/mol. The fourth-order valence-corrected chi connectivity index (χ4v) is 3.69. The molecule has 4 rings (SSSR count). The van der Waals surface area contributed by atoms with Crippen LogP contribution in [0, 0.1) is 0 Å². The highest BCUT2D eigenvalue weighted by atomic mass is 16.1. The summed E-state index contributed by atoms with van der Waals surface area (Å²) in [5.41, 5.74) is 3.71. The minimum atomic E-state index is 0.196. The molecule has 28 heavy (non-hydrogen) atoms. The maximum absolute atomic E-state index is 12.5. The van der Waals surface area contributed by atoms with Gasteiger partial charge in [0.05, 0.1) is 30.4 Å². The zero-order valence-electron chi connectivity index (χ0n) is 16.5. The van der Waals surface area contributed by atoms with E-state index in [9.17, 15) is 4.79 Å². The molecule has 0 aliphatic carbocycles. The molecule has 1 aliphatic heterocycles. The Morgan fingerprint density at radius 2 is 1.82 bits per heavy atom. The molecule has 0 radical (unpaired) electrons. The van der Waals surface area contributed by atoms with Crippen LogP contribution in [0.5, 0.6) is 0 Å². The van der Waals surface area contributed by atoms with Gasteiger partial charge in [0.1, 0.15) is 0 Å². The summed E-state index contributed by atoms with van der Waals surface area (Å²) in [6.07, 6.45) is 4.16. The molecule has 0 spiro atoms. The predicted molar refractivity (Wildman–Crippen MR) is 109 cm³/mol. The Bertz CT molecular complexity index is 974. The van der Waals surface area contributed by atoms with Gasteiger partial charge in [-0.2, -0.15) is 15.3 Å². The second-order valence-electron chi connectivity index (χ2n) is 7.44. The summed E-state index contributed by atoms with van der Waals surface area (Å²) < 4.78 is 1.79. The van der Waals surface area contributed by atoms with Gasteiger partial charge in [-0.05, 0) is 30.3 Å². The second-order valence-corrected chi connectivity index (χ2v) is 7.44. The van der Waals surface area contributed by atoms with Gasteiger partial charge in [-0.3, -0.25) is 14.4 Å². The van der Waals surface area contributed by atoms with Crippen molar-refractivity contribution in [1.82, 2.24) is 29.8 Å². The van der Waals surface area contributed by atoms with Crippen LogP contribution in [-0.4, -0.2) is 74.8 Å². The van der Waals surface area contributed by atoms with E-state index >= 15 is 0 Å². The Hall–Kier alpha value is -2.64. The first-order chi connectivity index (χ1) is 13.6. The molecule has 1 aromatic carbocycles. The van der Waals surface area contributed by atoms with Crippen molar-refractivity contribution >= 4 is 16.7 Å². The van der Waals surface area contributed by atoms with Gasteiger partial charge in [-0.1, -0.05) is 13.0 Å². The number of nitrogens with zero attached hydrogens (tertiary/aromatic N) is 6. The number of Topliss-reactive ketones (excluding diaryl/α,β-unsaturated/α-hetero) is 1. The number of carbonyl (C=O) groups excluding carboxylic acids is 1. The third-order valence-corrected chi connectivity index (χ3v) is 5.36. The molecule has 0 atom stereocenters. The zero-order valence-corrected chi connectivity index (χ0v) is 16.5. The van der Waals surface area contributed by atoms with E-state index in [2.05, 4.69) is 38.1 Å². The quantitative estimate of drug-likeness (QED) is 0.651. The second kappa shape index (κ2) is 8.16. The van der Waals surface area contributed by atoms with Crippen molar-refractivity contribution in [3.05, 3.63) is 42.4 Å². The average Bonchev–Trinajstić information content (AvgIpc) is 3.14. The molecule has 7 heteroatoms. The highest BCUT2D eigenvalue weighted by molar-refractivity contribution is 5.86. The smallest absolute Gasteiger partial charge is 0.152 e. The van der Waals surface area contributed by atoms with E-state index in [1.807, 2.05) is 37.6 Å². The molecule has 0 bridgehead atoms. The van der Waals surface area contributed by atoms with Gasteiger partial charge in [0.15, 0.2) is 5.78 Å². The number of ketones is 1. The topological polar surface area (TPSA) is 67.2 Å². The Kier molecular flexibility index (Phi) is 5.45. The number of hydrogen-bond donors (Lipinski definition) is 0. The standard InChI is InChI=1S/C21H26N6O/c1-3-26-6-8-27(9-7-26)15-20(28)12-19-11-17-10-16(4-5-21(17)24-23-19)18-13-22-25(2)14-18/h4-5,10-11,13-14H,3,6-9,12,15H2,1-2H3. The van der Waals surface area contributed by atoms with Gasteiger partial charge >= 0.3 is 0 Å². The number of piperazine rings is 1. The number of benzene rings is 1. The van der Waals surface area contributed by atoms with Crippen LogP contribution in [0.4, 0.5) is 0 Å². The zero-order chi connectivity index (χ0) is 19.5.